The molecule has 0 spiro atoms. The van der Waals surface area contributed by atoms with Gasteiger partial charge in [0.2, 0.25) is 0 Å². The number of benzene rings is 2. The lowest BCUT2D eigenvalue weighted by Gasteiger charge is -2.17. The lowest BCUT2D eigenvalue weighted by molar-refractivity contribution is -0.148. The van der Waals surface area contributed by atoms with Gasteiger partial charge in [-0.25, -0.2) is 0 Å². The highest BCUT2D eigenvalue weighted by molar-refractivity contribution is 5.82. The van der Waals surface area contributed by atoms with E-state index in [1.54, 1.807) is 31.2 Å². The number of aliphatic hydroxyl groups excluding tert-OH is 1. The van der Waals surface area contributed by atoms with E-state index in [0.717, 1.165) is 22.2 Å². The Morgan fingerprint density at radius 3 is 2.56 bits per heavy atom. The Morgan fingerprint density at radius 2 is 1.85 bits per heavy atom. The normalized spacial score (nSPS) is 13.2. The van der Waals surface area contributed by atoms with Gasteiger partial charge in [-0.2, -0.15) is 0 Å². The maximum absolute atomic E-state index is 11.6. The summed E-state index contributed by atoms with van der Waals surface area (Å²) in [6, 6.07) is 17.1. The van der Waals surface area contributed by atoms with Crippen molar-refractivity contribution < 1.29 is 19.4 Å². The Balaban J connectivity index is 1.72. The van der Waals surface area contributed by atoms with E-state index in [-0.39, 0.29) is 0 Å². The van der Waals surface area contributed by atoms with E-state index in [9.17, 15) is 9.90 Å². The number of rotatable bonds is 6. The molecule has 2 aromatic carbocycles. The number of hydrogen-bond donors (Lipinski definition) is 1. The number of pyridine rings is 1. The fourth-order valence-corrected chi connectivity index (χ4v) is 3.04. The van der Waals surface area contributed by atoms with E-state index in [0.29, 0.717) is 17.9 Å². The third-order valence-corrected chi connectivity index (χ3v) is 4.59. The van der Waals surface area contributed by atoms with E-state index < -0.39 is 18.0 Å². The van der Waals surface area contributed by atoms with Gasteiger partial charge in [0.25, 0.3) is 0 Å². The predicted molar refractivity (Wildman–Crippen MR) is 103 cm³/mol. The smallest absolute Gasteiger partial charge is 0.311 e. The SMILES string of the molecule is COC(=O)C(C)C(O)c1ccc(OCc2cc(C)nc3ccccc23)cc1. The van der Waals surface area contributed by atoms with E-state index >= 15 is 0 Å². The van der Waals surface area contributed by atoms with Crippen molar-refractivity contribution in [1.82, 2.24) is 4.98 Å². The average molecular weight is 365 g/mol. The number of ether oxygens (including phenoxy) is 2. The number of para-hydroxylation sites is 1. The predicted octanol–water partition coefficient (Wildman–Crippen LogP) is 3.96. The second-order valence-electron chi connectivity index (χ2n) is 6.55. The molecular formula is C22H23NO4. The van der Waals surface area contributed by atoms with Crippen LogP contribution in [0.2, 0.25) is 0 Å². The van der Waals surface area contributed by atoms with Crippen LogP contribution in [0.25, 0.3) is 10.9 Å². The van der Waals surface area contributed by atoms with E-state index in [1.165, 1.54) is 7.11 Å². The lowest BCUT2D eigenvalue weighted by atomic mass is 9.97. The number of hydrogen-bond acceptors (Lipinski definition) is 5. The third-order valence-electron chi connectivity index (χ3n) is 4.59. The fourth-order valence-electron chi connectivity index (χ4n) is 3.04. The highest BCUT2D eigenvalue weighted by Crippen LogP contribution is 2.26. The van der Waals surface area contributed by atoms with Crippen LogP contribution in [-0.2, 0) is 16.1 Å². The van der Waals surface area contributed by atoms with Crippen molar-refractivity contribution in [2.24, 2.45) is 5.92 Å². The molecule has 27 heavy (non-hydrogen) atoms. The Kier molecular flexibility index (Phi) is 5.72. The molecule has 0 saturated heterocycles. The first-order valence-corrected chi connectivity index (χ1v) is 8.83. The van der Waals surface area contributed by atoms with E-state index in [2.05, 4.69) is 9.72 Å². The molecule has 0 fully saturated rings. The fraction of sp³-hybridized carbons (Fsp3) is 0.273. The maximum Gasteiger partial charge on any atom is 0.311 e. The van der Waals surface area contributed by atoms with Crippen LogP contribution < -0.4 is 4.74 Å². The maximum atomic E-state index is 11.6. The summed E-state index contributed by atoms with van der Waals surface area (Å²) < 4.78 is 10.6. The van der Waals surface area contributed by atoms with Gasteiger partial charge in [-0.05, 0) is 43.7 Å². The number of carbonyl (C=O) groups excluding carboxylic acids is 1. The van der Waals surface area contributed by atoms with Gasteiger partial charge in [0.05, 0.1) is 24.6 Å². The zero-order chi connectivity index (χ0) is 19.4. The number of methoxy groups -OCH3 is 1. The zero-order valence-corrected chi connectivity index (χ0v) is 15.7. The molecule has 0 amide bonds. The van der Waals surface area contributed by atoms with Crippen molar-refractivity contribution in [1.29, 1.82) is 0 Å². The Morgan fingerprint density at radius 1 is 1.15 bits per heavy atom. The van der Waals surface area contributed by atoms with Crippen molar-refractivity contribution in [3.8, 4) is 5.75 Å². The molecule has 3 rings (SSSR count). The van der Waals surface area contributed by atoms with Crippen LogP contribution in [0, 0.1) is 12.8 Å². The number of fused-ring (bicyclic) bond motifs is 1. The number of aliphatic hydroxyl groups is 1. The van der Waals surface area contributed by atoms with Gasteiger partial charge in [0.15, 0.2) is 0 Å². The van der Waals surface area contributed by atoms with E-state index in [4.69, 9.17) is 4.74 Å². The van der Waals surface area contributed by atoms with Crippen LogP contribution in [0.4, 0.5) is 0 Å². The molecule has 2 atom stereocenters. The summed E-state index contributed by atoms with van der Waals surface area (Å²) in [5.74, 6) is -0.383. The summed E-state index contributed by atoms with van der Waals surface area (Å²) in [7, 11) is 1.31. The van der Waals surface area contributed by atoms with Crippen LogP contribution in [0.15, 0.2) is 54.6 Å². The monoisotopic (exact) mass is 365 g/mol. The first-order chi connectivity index (χ1) is 13.0. The molecule has 5 nitrogen and oxygen atoms in total. The minimum absolute atomic E-state index is 0.421. The quantitative estimate of drug-likeness (QED) is 0.670. The molecular weight excluding hydrogens is 342 g/mol. The van der Waals surface area contributed by atoms with Crippen molar-refractivity contribution in [3.05, 3.63) is 71.4 Å². The highest BCUT2D eigenvalue weighted by Gasteiger charge is 2.24. The molecule has 0 saturated carbocycles. The summed E-state index contributed by atoms with van der Waals surface area (Å²) in [4.78, 5) is 16.1. The second-order valence-corrected chi connectivity index (χ2v) is 6.55. The number of carbonyl (C=O) groups is 1. The molecule has 0 radical (unpaired) electrons. The van der Waals surface area contributed by atoms with Gasteiger partial charge < -0.3 is 14.6 Å². The lowest BCUT2D eigenvalue weighted by Crippen LogP contribution is -2.20. The average Bonchev–Trinajstić information content (AvgIpc) is 2.70. The first-order valence-electron chi connectivity index (χ1n) is 8.83. The summed E-state index contributed by atoms with van der Waals surface area (Å²) in [6.45, 7) is 4.02. The standard InChI is InChI=1S/C22H23NO4/c1-14-12-17(19-6-4-5-7-20(19)23-14)13-27-18-10-8-16(9-11-18)21(24)15(2)22(25)26-3/h4-12,15,21,24H,13H2,1-3H3. The van der Waals surface area contributed by atoms with Gasteiger partial charge in [-0.15, -0.1) is 0 Å². The molecule has 0 bridgehead atoms. The van der Waals surface area contributed by atoms with Crippen LogP contribution in [0.3, 0.4) is 0 Å². The second kappa shape index (κ2) is 8.18. The minimum atomic E-state index is -0.918. The molecule has 1 heterocycles. The topological polar surface area (TPSA) is 68.7 Å². The molecule has 0 aliphatic carbocycles. The van der Waals surface area contributed by atoms with Crippen molar-refractivity contribution in [2.45, 2.75) is 26.6 Å². The summed E-state index contributed by atoms with van der Waals surface area (Å²) in [6.07, 6.45) is -0.918. The molecule has 5 heteroatoms. The molecule has 0 aliphatic rings. The molecule has 2 unspecified atom stereocenters. The van der Waals surface area contributed by atoms with E-state index in [1.807, 2.05) is 37.3 Å². The van der Waals surface area contributed by atoms with Gasteiger partial charge in [0.1, 0.15) is 12.4 Å². The third kappa shape index (κ3) is 4.26. The van der Waals surface area contributed by atoms with Gasteiger partial charge >= 0.3 is 5.97 Å². The Bertz CT molecular complexity index is 937. The van der Waals surface area contributed by atoms with Crippen molar-refractivity contribution in [2.75, 3.05) is 7.11 Å². The van der Waals surface area contributed by atoms with Gasteiger partial charge in [0, 0.05) is 16.6 Å². The molecule has 1 N–H and O–H groups in total. The van der Waals surface area contributed by atoms with Crippen LogP contribution in [0.5, 0.6) is 5.75 Å². The Labute approximate surface area is 158 Å². The van der Waals surface area contributed by atoms with Crippen LogP contribution in [-0.4, -0.2) is 23.2 Å². The molecule has 1 aromatic heterocycles. The molecule has 0 aliphatic heterocycles. The highest BCUT2D eigenvalue weighted by atomic mass is 16.5. The van der Waals surface area contributed by atoms with Crippen LogP contribution >= 0.6 is 0 Å². The summed E-state index contributed by atoms with van der Waals surface area (Å²) in [5.41, 5.74) is 3.61. The zero-order valence-electron chi connectivity index (χ0n) is 15.7. The number of aryl methyl sites for hydroxylation is 1. The van der Waals surface area contributed by atoms with Crippen LogP contribution in [0.1, 0.15) is 29.8 Å². The molecule has 140 valence electrons. The van der Waals surface area contributed by atoms with Crippen molar-refractivity contribution >= 4 is 16.9 Å². The first kappa shape index (κ1) is 18.9. The van der Waals surface area contributed by atoms with Gasteiger partial charge in [-0.1, -0.05) is 30.3 Å². The number of nitrogens with zero attached hydrogens (tertiary/aromatic N) is 1. The van der Waals surface area contributed by atoms with Crippen molar-refractivity contribution in [3.63, 3.8) is 0 Å². The number of aromatic nitrogens is 1. The molecule has 3 aromatic rings. The van der Waals surface area contributed by atoms with Gasteiger partial charge in [-0.3, -0.25) is 9.78 Å². The Hall–Kier alpha value is -2.92. The largest absolute Gasteiger partial charge is 0.489 e. The number of esters is 1. The minimum Gasteiger partial charge on any atom is -0.489 e. The summed E-state index contributed by atoms with van der Waals surface area (Å²) in [5, 5.41) is 11.4. The summed E-state index contributed by atoms with van der Waals surface area (Å²) >= 11 is 0.